The zero-order valence-corrected chi connectivity index (χ0v) is 26.7. The van der Waals surface area contributed by atoms with Crippen LogP contribution in [0, 0.1) is 12.8 Å². The van der Waals surface area contributed by atoms with Gasteiger partial charge in [0.15, 0.2) is 0 Å². The summed E-state index contributed by atoms with van der Waals surface area (Å²) in [7, 11) is 0. The molecule has 0 aliphatic heterocycles. The highest BCUT2D eigenvalue weighted by Crippen LogP contribution is 2.18. The van der Waals surface area contributed by atoms with Crippen molar-refractivity contribution in [1.82, 2.24) is 0 Å². The normalized spacial score (nSPS) is 12.2. The van der Waals surface area contributed by atoms with Gasteiger partial charge in [0.2, 0.25) is 0 Å². The molecule has 17 N–H and O–H groups in total. The lowest BCUT2D eigenvalue weighted by molar-refractivity contribution is -0.144. The van der Waals surface area contributed by atoms with Crippen LogP contribution in [-0.2, 0) is 33.6 Å². The van der Waals surface area contributed by atoms with E-state index in [1.54, 1.807) is 26.0 Å². The molecule has 4 unspecified atom stereocenters. The molecule has 0 bridgehead atoms. The molecule has 0 saturated heterocycles. The first-order chi connectivity index (χ1) is 22.3. The number of carboxylic acid groups (broad SMARTS) is 7. The Balaban J connectivity index is -0.000000548. The first-order valence-electron chi connectivity index (χ1n) is 13.7. The fourth-order valence-electron chi connectivity index (χ4n) is 2.58. The maximum atomic E-state index is 11.0. The minimum Gasteiger partial charge on any atom is -0.481 e. The number of anilines is 1. The van der Waals surface area contributed by atoms with Gasteiger partial charge in [0.25, 0.3) is 0 Å². The largest absolute Gasteiger partial charge is 0.481 e. The molecule has 0 spiro atoms. The Morgan fingerprint density at radius 3 is 1.39 bits per heavy atom. The van der Waals surface area contributed by atoms with Crippen molar-refractivity contribution in [3.8, 4) is 0 Å². The fourth-order valence-corrected chi connectivity index (χ4v) is 2.58. The van der Waals surface area contributed by atoms with Gasteiger partial charge in [-0.2, -0.15) is 0 Å². The second-order valence-corrected chi connectivity index (χ2v) is 10.1. The molecule has 1 heterocycles. The number of hydrogen-bond acceptors (Lipinski definition) is 14. The van der Waals surface area contributed by atoms with E-state index in [2.05, 4.69) is 0 Å². The quantitative estimate of drug-likeness (QED) is 0.0905. The first-order valence-corrected chi connectivity index (χ1v) is 13.7. The van der Waals surface area contributed by atoms with E-state index in [0.29, 0.717) is 11.3 Å². The average Bonchev–Trinajstić information content (AvgIpc) is 2.95. The van der Waals surface area contributed by atoms with E-state index in [1.807, 2.05) is 13.0 Å². The molecule has 49 heavy (non-hydrogen) atoms. The van der Waals surface area contributed by atoms with Crippen LogP contribution in [0.15, 0.2) is 33.5 Å². The Morgan fingerprint density at radius 2 is 1.10 bits per heavy atom. The molecule has 0 saturated carbocycles. The lowest BCUT2D eigenvalue weighted by Gasteiger charge is -2.07. The molecule has 276 valence electrons. The zero-order chi connectivity index (χ0) is 39.2. The third-order valence-electron chi connectivity index (χ3n) is 5.39. The van der Waals surface area contributed by atoms with Crippen molar-refractivity contribution in [2.75, 3.05) is 5.73 Å². The molecule has 21 nitrogen and oxygen atoms in total. The molecule has 21 heteroatoms. The highest BCUT2D eigenvalue weighted by Gasteiger charge is 2.16. The summed E-state index contributed by atoms with van der Waals surface area (Å²) < 4.78 is 4.99. The van der Waals surface area contributed by atoms with Gasteiger partial charge in [-0.15, -0.1) is 0 Å². The second-order valence-electron chi connectivity index (χ2n) is 10.1. The van der Waals surface area contributed by atoms with Crippen molar-refractivity contribution in [2.24, 2.45) is 28.9 Å². The smallest absolute Gasteiger partial charge is 0.336 e. The minimum absolute atomic E-state index is 0.0208. The second kappa shape index (κ2) is 24.5. The molecule has 0 radical (unpaired) electrons. The van der Waals surface area contributed by atoms with E-state index < -0.39 is 78.8 Å². The van der Waals surface area contributed by atoms with E-state index >= 15 is 0 Å². The lowest BCUT2D eigenvalue weighted by Crippen LogP contribution is -2.34. The molecular weight excluding hydrogens is 662 g/mol. The predicted molar refractivity (Wildman–Crippen MR) is 170 cm³/mol. The molecule has 0 aliphatic rings. The number of aliphatic carboxylic acids is 7. The average molecular weight is 706 g/mol. The summed E-state index contributed by atoms with van der Waals surface area (Å²) in [5.74, 6) is -8.10. The van der Waals surface area contributed by atoms with Crippen molar-refractivity contribution in [3.05, 3.63) is 40.2 Å². The van der Waals surface area contributed by atoms with Gasteiger partial charge in [0.05, 0.1) is 12.8 Å². The highest BCUT2D eigenvalue weighted by atomic mass is 16.4. The summed E-state index contributed by atoms with van der Waals surface area (Å²) in [6.07, 6.45) is -1.29. The molecular formula is C28H43N5O16. The van der Waals surface area contributed by atoms with Gasteiger partial charge in [0, 0.05) is 29.6 Å². The standard InChI is InChI=1S/C10H9NO2.C5H9NO4.C5H11NO2.2C4H7NO4/c1-6-4-10(12)13-9-5-7(11)2-3-8(6)9;6-3(5(9)10)1-2-4(7)8;1-3(2)4(6)5(7)8;2*5-2(4(8)9)1-3(6)7/h2-5H,11H2,1H3;3H,1-2,6H2,(H,7,8)(H,9,10);3-4H,6H2,1-2H3,(H,7,8);2*2H,1,5H2,(H,6,7)(H,8,9). The van der Waals surface area contributed by atoms with Crippen LogP contribution in [0.3, 0.4) is 0 Å². The van der Waals surface area contributed by atoms with Crippen LogP contribution in [0.25, 0.3) is 11.0 Å². The summed E-state index contributed by atoms with van der Waals surface area (Å²) in [6.45, 7) is 5.42. The number of benzene rings is 1. The Morgan fingerprint density at radius 1 is 0.673 bits per heavy atom. The maximum Gasteiger partial charge on any atom is 0.336 e. The summed E-state index contributed by atoms with van der Waals surface area (Å²) in [4.78, 5) is 80.1. The summed E-state index contributed by atoms with van der Waals surface area (Å²) >= 11 is 0. The van der Waals surface area contributed by atoms with Crippen LogP contribution in [0.2, 0.25) is 0 Å². The molecule has 1 aromatic carbocycles. The van der Waals surface area contributed by atoms with Crippen LogP contribution >= 0.6 is 0 Å². The van der Waals surface area contributed by atoms with Crippen LogP contribution in [-0.4, -0.2) is 102 Å². The number of nitrogens with two attached hydrogens (primary N) is 5. The Labute approximate surface area is 277 Å². The fraction of sp³-hybridized carbons (Fsp3) is 0.429. The van der Waals surface area contributed by atoms with E-state index in [0.717, 1.165) is 10.9 Å². The Hall–Kier alpha value is -5.64. The molecule has 0 aliphatic carbocycles. The number of aryl methyl sites for hydroxylation is 1. The van der Waals surface area contributed by atoms with Gasteiger partial charge >= 0.3 is 47.4 Å². The molecule has 2 aromatic rings. The topological polar surface area (TPSA) is 421 Å². The molecule has 2 rings (SSSR count). The number of carboxylic acids is 7. The van der Waals surface area contributed by atoms with E-state index in [-0.39, 0.29) is 24.4 Å². The van der Waals surface area contributed by atoms with Crippen molar-refractivity contribution in [3.63, 3.8) is 0 Å². The van der Waals surface area contributed by atoms with Gasteiger partial charge < -0.3 is 68.8 Å². The van der Waals surface area contributed by atoms with Gasteiger partial charge in [-0.05, 0) is 37.0 Å². The van der Waals surface area contributed by atoms with Gasteiger partial charge in [0.1, 0.15) is 29.8 Å². The first kappa shape index (κ1) is 47.8. The van der Waals surface area contributed by atoms with E-state index in [1.165, 1.54) is 6.07 Å². The van der Waals surface area contributed by atoms with Crippen molar-refractivity contribution < 1.29 is 73.7 Å². The summed E-state index contributed by atoms with van der Waals surface area (Å²) in [6, 6.07) is 2.41. The van der Waals surface area contributed by atoms with Crippen molar-refractivity contribution in [1.29, 1.82) is 0 Å². The van der Waals surface area contributed by atoms with Crippen molar-refractivity contribution >= 4 is 58.4 Å². The van der Waals surface area contributed by atoms with E-state index in [4.69, 9.17) is 68.8 Å². The highest BCUT2D eigenvalue weighted by molar-refractivity contribution is 5.83. The molecule has 0 amide bonds. The number of carbonyl (C=O) groups is 7. The van der Waals surface area contributed by atoms with Crippen molar-refractivity contribution in [2.45, 2.75) is 70.6 Å². The number of rotatable bonds is 12. The molecule has 1 aromatic heterocycles. The van der Waals surface area contributed by atoms with Gasteiger partial charge in [-0.3, -0.25) is 33.6 Å². The molecule has 0 fully saturated rings. The summed E-state index contributed by atoms with van der Waals surface area (Å²) in [5, 5.41) is 57.5. The van der Waals surface area contributed by atoms with Crippen LogP contribution in [0.5, 0.6) is 0 Å². The SMILES string of the molecule is CC(C)C(N)C(=O)O.Cc1cc(=O)oc2cc(N)ccc12.NC(CC(=O)O)C(=O)O.NC(CC(=O)O)C(=O)O.NC(CCC(=O)O)C(=O)O. The number of fused-ring (bicyclic) bond motifs is 1. The third-order valence-corrected chi connectivity index (χ3v) is 5.39. The maximum absolute atomic E-state index is 11.0. The summed E-state index contributed by atoms with van der Waals surface area (Å²) in [5.41, 5.74) is 27.1. The number of nitrogen functional groups attached to an aromatic ring is 1. The van der Waals surface area contributed by atoms with Gasteiger partial charge in [-0.1, -0.05) is 13.8 Å². The Bertz CT molecular complexity index is 1440. The van der Waals surface area contributed by atoms with Crippen LogP contribution in [0.1, 0.15) is 45.1 Å². The van der Waals surface area contributed by atoms with Crippen LogP contribution in [0.4, 0.5) is 5.69 Å². The molecule has 4 atom stereocenters. The third kappa shape index (κ3) is 25.2. The Kier molecular flexibility index (Phi) is 23.9. The monoisotopic (exact) mass is 705 g/mol. The minimum atomic E-state index is -1.29. The lowest BCUT2D eigenvalue weighted by atomic mass is 10.1. The predicted octanol–water partition coefficient (Wildman–Crippen LogP) is -1.25. The number of hydrogen-bond donors (Lipinski definition) is 12. The van der Waals surface area contributed by atoms with Gasteiger partial charge in [-0.25, -0.2) is 4.79 Å². The van der Waals surface area contributed by atoms with Crippen LogP contribution < -0.4 is 34.3 Å². The van der Waals surface area contributed by atoms with E-state index in [9.17, 15) is 38.4 Å². The zero-order valence-electron chi connectivity index (χ0n) is 26.7.